The summed E-state index contributed by atoms with van der Waals surface area (Å²) in [5.74, 6) is 0. The van der Waals surface area contributed by atoms with Crippen LogP contribution in [-0.4, -0.2) is 22.1 Å². The standard InChI is InChI=1S/C15H19N3O/c19-15-11-17-13-7-1-2-8-14(13)18(15)10-4-6-12-5-3-9-16-12/h1-2,7-8,11-12,16H,3-6,9-10H2. The van der Waals surface area contributed by atoms with Crippen LogP contribution in [0.3, 0.4) is 0 Å². The molecule has 19 heavy (non-hydrogen) atoms. The highest BCUT2D eigenvalue weighted by Crippen LogP contribution is 2.13. The van der Waals surface area contributed by atoms with Gasteiger partial charge >= 0.3 is 0 Å². The van der Waals surface area contributed by atoms with Gasteiger partial charge in [0.2, 0.25) is 0 Å². The molecule has 1 atom stereocenters. The van der Waals surface area contributed by atoms with E-state index >= 15 is 0 Å². The summed E-state index contributed by atoms with van der Waals surface area (Å²) in [6.45, 7) is 1.92. The van der Waals surface area contributed by atoms with Crippen molar-refractivity contribution >= 4 is 11.0 Å². The maximum Gasteiger partial charge on any atom is 0.269 e. The smallest absolute Gasteiger partial charge is 0.269 e. The van der Waals surface area contributed by atoms with Crippen LogP contribution in [-0.2, 0) is 6.54 Å². The number of nitrogens with zero attached hydrogens (tertiary/aromatic N) is 2. The number of benzene rings is 1. The molecule has 1 aromatic heterocycles. The number of aryl methyl sites for hydroxylation is 1. The Balaban J connectivity index is 1.76. The normalized spacial score (nSPS) is 19.1. The third-order valence-corrected chi connectivity index (χ3v) is 3.85. The monoisotopic (exact) mass is 257 g/mol. The van der Waals surface area contributed by atoms with Crippen LogP contribution in [0.2, 0.25) is 0 Å². The molecule has 4 heteroatoms. The highest BCUT2D eigenvalue weighted by atomic mass is 16.1. The Morgan fingerprint density at radius 1 is 1.37 bits per heavy atom. The van der Waals surface area contributed by atoms with E-state index in [2.05, 4.69) is 10.3 Å². The minimum absolute atomic E-state index is 0.00178. The lowest BCUT2D eigenvalue weighted by Gasteiger charge is -2.12. The Morgan fingerprint density at radius 2 is 2.26 bits per heavy atom. The second-order valence-corrected chi connectivity index (χ2v) is 5.17. The molecule has 1 aromatic carbocycles. The molecule has 0 saturated carbocycles. The summed E-state index contributed by atoms with van der Waals surface area (Å²) in [6, 6.07) is 8.47. The van der Waals surface area contributed by atoms with Gasteiger partial charge in [-0.3, -0.25) is 4.79 Å². The van der Waals surface area contributed by atoms with Crippen molar-refractivity contribution in [1.29, 1.82) is 0 Å². The molecule has 2 aromatic rings. The largest absolute Gasteiger partial charge is 0.314 e. The predicted octanol–water partition coefficient (Wildman–Crippen LogP) is 1.93. The molecule has 1 aliphatic heterocycles. The fourth-order valence-electron chi connectivity index (χ4n) is 2.84. The Morgan fingerprint density at radius 3 is 3.11 bits per heavy atom. The molecular formula is C15H19N3O. The van der Waals surface area contributed by atoms with Gasteiger partial charge in [0, 0.05) is 12.6 Å². The Kier molecular flexibility index (Phi) is 3.60. The number of rotatable bonds is 4. The molecule has 1 aliphatic rings. The molecule has 0 bridgehead atoms. The van der Waals surface area contributed by atoms with Crippen LogP contribution < -0.4 is 10.9 Å². The second kappa shape index (κ2) is 5.53. The van der Waals surface area contributed by atoms with Crippen molar-refractivity contribution in [2.75, 3.05) is 6.54 Å². The van der Waals surface area contributed by atoms with Gasteiger partial charge in [0.1, 0.15) is 0 Å². The molecule has 3 rings (SSSR count). The van der Waals surface area contributed by atoms with E-state index in [9.17, 15) is 4.79 Å². The number of aromatic nitrogens is 2. The van der Waals surface area contributed by atoms with Gasteiger partial charge in [-0.15, -0.1) is 0 Å². The zero-order chi connectivity index (χ0) is 13.1. The van der Waals surface area contributed by atoms with Gasteiger partial charge in [-0.25, -0.2) is 4.98 Å². The third-order valence-electron chi connectivity index (χ3n) is 3.85. The summed E-state index contributed by atoms with van der Waals surface area (Å²) in [5.41, 5.74) is 1.83. The molecule has 1 saturated heterocycles. The van der Waals surface area contributed by atoms with Gasteiger partial charge in [0.25, 0.3) is 5.56 Å². The van der Waals surface area contributed by atoms with Crippen LogP contribution in [0.1, 0.15) is 25.7 Å². The first kappa shape index (κ1) is 12.4. The van der Waals surface area contributed by atoms with Gasteiger partial charge in [-0.2, -0.15) is 0 Å². The number of hydrogen-bond donors (Lipinski definition) is 1. The van der Waals surface area contributed by atoms with Gasteiger partial charge in [0.05, 0.1) is 17.2 Å². The minimum atomic E-state index is -0.00178. The molecule has 4 nitrogen and oxygen atoms in total. The van der Waals surface area contributed by atoms with Gasteiger partial charge < -0.3 is 9.88 Å². The van der Waals surface area contributed by atoms with Crippen LogP contribution in [0.5, 0.6) is 0 Å². The lowest BCUT2D eigenvalue weighted by Crippen LogP contribution is -2.24. The minimum Gasteiger partial charge on any atom is -0.314 e. The Bertz CT molecular complexity index is 614. The third kappa shape index (κ3) is 2.68. The number of para-hydroxylation sites is 2. The highest BCUT2D eigenvalue weighted by molar-refractivity contribution is 5.74. The van der Waals surface area contributed by atoms with E-state index in [1.54, 1.807) is 0 Å². The van der Waals surface area contributed by atoms with Crippen molar-refractivity contribution in [2.24, 2.45) is 0 Å². The van der Waals surface area contributed by atoms with Gasteiger partial charge in [-0.1, -0.05) is 12.1 Å². The van der Waals surface area contributed by atoms with Crippen molar-refractivity contribution in [2.45, 2.75) is 38.3 Å². The number of nitrogens with one attached hydrogen (secondary N) is 1. The van der Waals surface area contributed by atoms with Crippen LogP contribution in [0, 0.1) is 0 Å². The number of hydrogen-bond acceptors (Lipinski definition) is 3. The summed E-state index contributed by atoms with van der Waals surface area (Å²) in [7, 11) is 0. The van der Waals surface area contributed by atoms with E-state index in [4.69, 9.17) is 0 Å². The molecule has 0 spiro atoms. The first-order valence-corrected chi connectivity index (χ1v) is 7.02. The van der Waals surface area contributed by atoms with Crippen LogP contribution >= 0.6 is 0 Å². The molecule has 1 fully saturated rings. The zero-order valence-corrected chi connectivity index (χ0v) is 11.0. The van der Waals surface area contributed by atoms with Crippen molar-refractivity contribution in [3.05, 3.63) is 40.8 Å². The second-order valence-electron chi connectivity index (χ2n) is 5.17. The first-order chi connectivity index (χ1) is 9.34. The fourth-order valence-corrected chi connectivity index (χ4v) is 2.84. The van der Waals surface area contributed by atoms with Crippen molar-refractivity contribution < 1.29 is 0 Å². The molecule has 2 heterocycles. The van der Waals surface area contributed by atoms with E-state index in [0.717, 1.165) is 37.0 Å². The van der Waals surface area contributed by atoms with E-state index < -0.39 is 0 Å². The van der Waals surface area contributed by atoms with E-state index in [0.29, 0.717) is 6.04 Å². The molecule has 100 valence electrons. The molecule has 0 amide bonds. The molecule has 1 N–H and O–H groups in total. The summed E-state index contributed by atoms with van der Waals surface area (Å²) in [6.07, 6.45) is 6.15. The van der Waals surface area contributed by atoms with Crippen LogP contribution in [0.25, 0.3) is 11.0 Å². The van der Waals surface area contributed by atoms with Crippen molar-refractivity contribution in [3.63, 3.8) is 0 Å². The highest BCUT2D eigenvalue weighted by Gasteiger charge is 2.13. The Labute approximate surface area is 112 Å². The predicted molar refractivity (Wildman–Crippen MR) is 76.3 cm³/mol. The van der Waals surface area contributed by atoms with Crippen LogP contribution in [0.4, 0.5) is 0 Å². The van der Waals surface area contributed by atoms with Crippen LogP contribution in [0.15, 0.2) is 35.3 Å². The lowest BCUT2D eigenvalue weighted by molar-refractivity contribution is 0.502. The average molecular weight is 257 g/mol. The van der Waals surface area contributed by atoms with Gasteiger partial charge in [-0.05, 0) is 44.4 Å². The van der Waals surface area contributed by atoms with E-state index in [1.165, 1.54) is 19.0 Å². The van der Waals surface area contributed by atoms with Crippen molar-refractivity contribution in [1.82, 2.24) is 14.9 Å². The molecule has 0 radical (unpaired) electrons. The first-order valence-electron chi connectivity index (χ1n) is 7.02. The zero-order valence-electron chi connectivity index (χ0n) is 11.0. The van der Waals surface area contributed by atoms with E-state index in [-0.39, 0.29) is 5.56 Å². The SMILES string of the molecule is O=c1cnc2ccccc2n1CCCC1CCCN1. The van der Waals surface area contributed by atoms with E-state index in [1.807, 2.05) is 28.8 Å². The maximum absolute atomic E-state index is 11.9. The average Bonchev–Trinajstić information content (AvgIpc) is 2.94. The van der Waals surface area contributed by atoms with Crippen molar-refractivity contribution in [3.8, 4) is 0 Å². The molecule has 0 aliphatic carbocycles. The summed E-state index contributed by atoms with van der Waals surface area (Å²) < 4.78 is 1.84. The number of fused-ring (bicyclic) bond motifs is 1. The summed E-state index contributed by atoms with van der Waals surface area (Å²) >= 11 is 0. The summed E-state index contributed by atoms with van der Waals surface area (Å²) in [5, 5.41) is 3.49. The van der Waals surface area contributed by atoms with Gasteiger partial charge in [0.15, 0.2) is 0 Å². The Hall–Kier alpha value is -1.68. The topological polar surface area (TPSA) is 46.9 Å². The molecular weight excluding hydrogens is 238 g/mol. The quantitative estimate of drug-likeness (QED) is 0.910. The maximum atomic E-state index is 11.9. The fraction of sp³-hybridized carbons (Fsp3) is 0.467. The lowest BCUT2D eigenvalue weighted by atomic mass is 10.1. The molecule has 1 unspecified atom stereocenters. The summed E-state index contributed by atoms with van der Waals surface area (Å²) in [4.78, 5) is 16.1.